The standard InChI is InChI=1S/C24H25NO6/c1-25-14-23(21(27)29-2)18(16-10-6-4-7-11-16)31-19(17-12-8-5-9-13-17)24(15-25,20(23)26)22(28)30-3/h4-13,18-19H,14-15H2,1-3H3/t18-,19-,23+,24+/m1/s1. The molecule has 2 aromatic carbocycles. The number of benzene rings is 2. The maximum Gasteiger partial charge on any atom is 0.323 e. The van der Waals surface area contributed by atoms with Crippen molar-refractivity contribution in [2.75, 3.05) is 34.4 Å². The summed E-state index contributed by atoms with van der Waals surface area (Å²) in [5.74, 6) is -1.97. The Morgan fingerprint density at radius 1 is 0.839 bits per heavy atom. The zero-order chi connectivity index (χ0) is 22.2. The summed E-state index contributed by atoms with van der Waals surface area (Å²) in [7, 11) is 4.26. The molecule has 0 aromatic heterocycles. The molecule has 162 valence electrons. The number of nitrogens with zero attached hydrogens (tertiary/aromatic N) is 1. The van der Waals surface area contributed by atoms with E-state index in [-0.39, 0.29) is 13.1 Å². The molecule has 2 bridgehead atoms. The molecule has 2 aromatic rings. The van der Waals surface area contributed by atoms with Gasteiger partial charge in [-0.05, 0) is 18.2 Å². The summed E-state index contributed by atoms with van der Waals surface area (Å²) in [4.78, 5) is 42.5. The molecule has 0 N–H and O–H groups in total. The fraction of sp³-hybridized carbons (Fsp3) is 0.375. The lowest BCUT2D eigenvalue weighted by Gasteiger charge is -2.56. The highest BCUT2D eigenvalue weighted by molar-refractivity contribution is 6.17. The predicted molar refractivity (Wildman–Crippen MR) is 111 cm³/mol. The minimum atomic E-state index is -1.71. The Hall–Kier alpha value is -3.03. The molecule has 2 aliphatic rings. The highest BCUT2D eigenvalue weighted by Crippen LogP contribution is 2.59. The summed E-state index contributed by atoms with van der Waals surface area (Å²) in [5.41, 5.74) is -2.09. The highest BCUT2D eigenvalue weighted by atomic mass is 16.5. The van der Waals surface area contributed by atoms with Crippen molar-refractivity contribution in [2.45, 2.75) is 12.2 Å². The molecule has 0 aliphatic carbocycles. The third-order valence-electron chi connectivity index (χ3n) is 6.32. The van der Waals surface area contributed by atoms with Crippen molar-refractivity contribution in [1.82, 2.24) is 4.90 Å². The average molecular weight is 423 g/mol. The third-order valence-corrected chi connectivity index (χ3v) is 6.32. The summed E-state index contributed by atoms with van der Waals surface area (Å²) in [5, 5.41) is 0. The van der Waals surface area contributed by atoms with Gasteiger partial charge in [-0.3, -0.25) is 14.4 Å². The Morgan fingerprint density at radius 2 is 1.23 bits per heavy atom. The molecule has 0 saturated carbocycles. The van der Waals surface area contributed by atoms with E-state index in [0.29, 0.717) is 11.1 Å². The number of methoxy groups -OCH3 is 2. The maximum atomic E-state index is 14.3. The van der Waals surface area contributed by atoms with Crippen LogP contribution in [0.2, 0.25) is 0 Å². The van der Waals surface area contributed by atoms with Crippen molar-refractivity contribution >= 4 is 17.7 Å². The van der Waals surface area contributed by atoms with Crippen LogP contribution >= 0.6 is 0 Å². The molecule has 2 heterocycles. The zero-order valence-corrected chi connectivity index (χ0v) is 17.7. The van der Waals surface area contributed by atoms with E-state index >= 15 is 0 Å². The molecule has 4 atom stereocenters. The average Bonchev–Trinajstić information content (AvgIpc) is 2.80. The topological polar surface area (TPSA) is 82.1 Å². The minimum absolute atomic E-state index is 0.0678. The van der Waals surface area contributed by atoms with Gasteiger partial charge in [-0.25, -0.2) is 0 Å². The van der Waals surface area contributed by atoms with Crippen LogP contribution in [0.15, 0.2) is 60.7 Å². The van der Waals surface area contributed by atoms with Gasteiger partial charge in [0.15, 0.2) is 16.6 Å². The number of likely N-dealkylation sites (tertiary alicyclic amines) is 1. The van der Waals surface area contributed by atoms with Crippen molar-refractivity contribution in [2.24, 2.45) is 10.8 Å². The molecule has 2 aliphatic heterocycles. The first-order valence-corrected chi connectivity index (χ1v) is 10.1. The quantitative estimate of drug-likeness (QED) is 0.551. The van der Waals surface area contributed by atoms with Crippen LogP contribution in [0.4, 0.5) is 0 Å². The Kier molecular flexibility index (Phi) is 5.41. The molecule has 7 heteroatoms. The van der Waals surface area contributed by atoms with Crippen LogP contribution in [0, 0.1) is 10.8 Å². The predicted octanol–water partition coefficient (Wildman–Crippen LogP) is 2.33. The fourth-order valence-corrected chi connectivity index (χ4v) is 5.10. The molecular weight excluding hydrogens is 398 g/mol. The number of hydrogen-bond donors (Lipinski definition) is 0. The number of hydrogen-bond acceptors (Lipinski definition) is 7. The number of Topliss-reactive ketones (excluding diaryl/α,β-unsaturated/α-hetero) is 1. The first-order chi connectivity index (χ1) is 14.9. The van der Waals surface area contributed by atoms with Gasteiger partial charge in [0.1, 0.15) is 12.2 Å². The number of fused-ring (bicyclic) bond motifs is 2. The highest BCUT2D eigenvalue weighted by Gasteiger charge is 2.73. The molecule has 0 unspecified atom stereocenters. The zero-order valence-electron chi connectivity index (χ0n) is 17.7. The monoisotopic (exact) mass is 423 g/mol. The largest absolute Gasteiger partial charge is 0.468 e. The Labute approximate surface area is 180 Å². The van der Waals surface area contributed by atoms with E-state index in [1.807, 2.05) is 65.6 Å². The third kappa shape index (κ3) is 2.99. The van der Waals surface area contributed by atoms with Crippen LogP contribution in [-0.2, 0) is 28.6 Å². The summed E-state index contributed by atoms with van der Waals surface area (Å²) >= 11 is 0. The lowest BCUT2D eigenvalue weighted by molar-refractivity contribution is -0.232. The second-order valence-corrected chi connectivity index (χ2v) is 8.14. The number of carbonyl (C=O) groups is 3. The van der Waals surface area contributed by atoms with Crippen LogP contribution in [0.5, 0.6) is 0 Å². The number of piperidine rings is 1. The van der Waals surface area contributed by atoms with Gasteiger partial charge in [-0.2, -0.15) is 0 Å². The van der Waals surface area contributed by atoms with Crippen LogP contribution in [0.25, 0.3) is 0 Å². The minimum Gasteiger partial charge on any atom is -0.468 e. The van der Waals surface area contributed by atoms with Crippen LogP contribution in [0.1, 0.15) is 23.3 Å². The van der Waals surface area contributed by atoms with E-state index < -0.39 is 40.8 Å². The van der Waals surface area contributed by atoms with Gasteiger partial charge in [0.05, 0.1) is 14.2 Å². The van der Waals surface area contributed by atoms with Crippen LogP contribution < -0.4 is 0 Å². The molecule has 0 amide bonds. The normalized spacial score (nSPS) is 30.5. The van der Waals surface area contributed by atoms with Crippen molar-refractivity contribution in [3.8, 4) is 0 Å². The summed E-state index contributed by atoms with van der Waals surface area (Å²) < 4.78 is 16.8. The molecular formula is C24H25NO6. The second kappa shape index (κ2) is 7.90. The first-order valence-electron chi connectivity index (χ1n) is 10.1. The number of rotatable bonds is 4. The fourth-order valence-electron chi connectivity index (χ4n) is 5.10. The van der Waals surface area contributed by atoms with E-state index in [2.05, 4.69) is 0 Å². The molecule has 4 rings (SSSR count). The summed E-state index contributed by atoms with van der Waals surface area (Å²) in [6.45, 7) is 0.136. The van der Waals surface area contributed by atoms with Gasteiger partial charge in [0.25, 0.3) is 0 Å². The maximum absolute atomic E-state index is 14.3. The second-order valence-electron chi connectivity index (χ2n) is 8.14. The lowest BCUT2D eigenvalue weighted by atomic mass is 9.57. The smallest absolute Gasteiger partial charge is 0.323 e. The van der Waals surface area contributed by atoms with Crippen molar-refractivity contribution in [3.05, 3.63) is 71.8 Å². The van der Waals surface area contributed by atoms with Gasteiger partial charge in [0.2, 0.25) is 0 Å². The first kappa shape index (κ1) is 21.2. The SMILES string of the molecule is COC(=O)[C@]12CN(C)C[C@@](C(=O)OC)(C1=O)[C@@H](c1ccccc1)O[C@@H]2c1ccccc1. The molecule has 2 saturated heterocycles. The van der Waals surface area contributed by atoms with E-state index in [4.69, 9.17) is 14.2 Å². The van der Waals surface area contributed by atoms with Gasteiger partial charge in [-0.15, -0.1) is 0 Å². The summed E-state index contributed by atoms with van der Waals surface area (Å²) in [6.07, 6.45) is -1.86. The molecule has 0 spiro atoms. The van der Waals surface area contributed by atoms with E-state index in [1.165, 1.54) is 14.2 Å². The van der Waals surface area contributed by atoms with Crippen molar-refractivity contribution < 1.29 is 28.6 Å². The van der Waals surface area contributed by atoms with Gasteiger partial charge >= 0.3 is 11.9 Å². The van der Waals surface area contributed by atoms with Crippen molar-refractivity contribution in [3.63, 3.8) is 0 Å². The van der Waals surface area contributed by atoms with Crippen LogP contribution in [0.3, 0.4) is 0 Å². The Balaban J connectivity index is 2.01. The number of esters is 2. The number of ether oxygens (including phenoxy) is 3. The van der Waals surface area contributed by atoms with Crippen LogP contribution in [-0.4, -0.2) is 57.0 Å². The van der Waals surface area contributed by atoms with Crippen molar-refractivity contribution in [1.29, 1.82) is 0 Å². The lowest BCUT2D eigenvalue weighted by Crippen LogP contribution is -2.71. The Bertz CT molecular complexity index is 916. The number of ketones is 1. The molecule has 2 fully saturated rings. The van der Waals surface area contributed by atoms with Gasteiger partial charge in [0, 0.05) is 13.1 Å². The molecule has 0 radical (unpaired) electrons. The van der Waals surface area contributed by atoms with Gasteiger partial charge < -0.3 is 19.1 Å². The van der Waals surface area contributed by atoms with E-state index in [9.17, 15) is 14.4 Å². The number of carbonyl (C=O) groups excluding carboxylic acids is 3. The molecule has 31 heavy (non-hydrogen) atoms. The Morgan fingerprint density at radius 3 is 1.58 bits per heavy atom. The van der Waals surface area contributed by atoms with E-state index in [0.717, 1.165) is 0 Å². The molecule has 7 nitrogen and oxygen atoms in total. The van der Waals surface area contributed by atoms with Gasteiger partial charge in [-0.1, -0.05) is 60.7 Å². The van der Waals surface area contributed by atoms with E-state index in [1.54, 1.807) is 7.05 Å². The summed E-state index contributed by atoms with van der Waals surface area (Å²) in [6, 6.07) is 18.2.